The van der Waals surface area contributed by atoms with Crippen molar-refractivity contribution in [1.82, 2.24) is 9.88 Å². The lowest BCUT2D eigenvalue weighted by Gasteiger charge is -2.33. The van der Waals surface area contributed by atoms with Crippen molar-refractivity contribution in [3.8, 4) is 11.5 Å². The number of H-pyrrole nitrogens is 1. The number of likely N-dealkylation sites (tertiary alicyclic amines) is 1. The third-order valence-electron chi connectivity index (χ3n) is 5.71. The Morgan fingerprint density at radius 2 is 2.00 bits per heavy atom. The van der Waals surface area contributed by atoms with E-state index in [2.05, 4.69) is 33.2 Å². The van der Waals surface area contributed by atoms with E-state index in [0.717, 1.165) is 24.1 Å². The van der Waals surface area contributed by atoms with E-state index in [1.165, 1.54) is 29.1 Å². The second-order valence-corrected chi connectivity index (χ2v) is 8.44. The summed E-state index contributed by atoms with van der Waals surface area (Å²) in [5, 5.41) is 1.18. The van der Waals surface area contributed by atoms with Gasteiger partial charge < -0.3 is 19.4 Å². The first-order chi connectivity index (χ1) is 14.5. The van der Waals surface area contributed by atoms with Crippen molar-refractivity contribution in [2.45, 2.75) is 31.8 Å². The van der Waals surface area contributed by atoms with Gasteiger partial charge in [0.25, 0.3) is 5.91 Å². The Morgan fingerprint density at radius 3 is 2.70 bits per heavy atom. The molecule has 0 saturated carbocycles. The van der Waals surface area contributed by atoms with Crippen molar-refractivity contribution in [1.29, 1.82) is 0 Å². The molecule has 2 aromatic carbocycles. The molecule has 3 aromatic rings. The van der Waals surface area contributed by atoms with Crippen LogP contribution in [0, 0.1) is 5.82 Å². The zero-order valence-electron chi connectivity index (χ0n) is 17.0. The number of aromatic nitrogens is 1. The summed E-state index contributed by atoms with van der Waals surface area (Å²) in [7, 11) is 1.67. The summed E-state index contributed by atoms with van der Waals surface area (Å²) in [6.45, 7) is 3.09. The smallest absolute Gasteiger partial charge is 0.263 e. The van der Waals surface area contributed by atoms with Gasteiger partial charge in [0.1, 0.15) is 17.3 Å². The molecule has 1 amide bonds. The molecule has 0 bridgehead atoms. The Kier molecular flexibility index (Phi) is 5.99. The topological polar surface area (TPSA) is 54.6 Å². The molecule has 0 radical (unpaired) electrons. The zero-order chi connectivity index (χ0) is 21.3. The highest BCUT2D eigenvalue weighted by molar-refractivity contribution is 9.10. The molecule has 1 aliphatic heterocycles. The fourth-order valence-corrected chi connectivity index (χ4v) is 4.51. The van der Waals surface area contributed by atoms with E-state index in [4.69, 9.17) is 9.47 Å². The highest BCUT2D eigenvalue weighted by atomic mass is 79.9. The van der Waals surface area contributed by atoms with Crippen LogP contribution in [0.15, 0.2) is 47.1 Å². The van der Waals surface area contributed by atoms with Gasteiger partial charge >= 0.3 is 0 Å². The fraction of sp³-hybridized carbons (Fsp3) is 0.348. The van der Waals surface area contributed by atoms with Gasteiger partial charge in [-0.2, -0.15) is 0 Å². The lowest BCUT2D eigenvalue weighted by Crippen LogP contribution is -2.44. The van der Waals surface area contributed by atoms with Crippen LogP contribution in [0.3, 0.4) is 0 Å². The number of fused-ring (bicyclic) bond motifs is 1. The van der Waals surface area contributed by atoms with Gasteiger partial charge in [-0.25, -0.2) is 4.39 Å². The molecule has 1 aromatic heterocycles. The molecule has 1 unspecified atom stereocenters. The molecule has 0 spiro atoms. The average Bonchev–Trinajstić information content (AvgIpc) is 3.18. The molecule has 1 N–H and O–H groups in total. The summed E-state index contributed by atoms with van der Waals surface area (Å²) in [4.78, 5) is 18.1. The molecule has 4 rings (SSSR count). The second-order valence-electron chi connectivity index (χ2n) is 7.59. The number of aromatic amines is 1. The summed E-state index contributed by atoms with van der Waals surface area (Å²) < 4.78 is 24.9. The average molecular weight is 475 g/mol. The van der Waals surface area contributed by atoms with Crippen LogP contribution in [0.2, 0.25) is 0 Å². The van der Waals surface area contributed by atoms with Crippen LogP contribution in [0.4, 0.5) is 4.39 Å². The maximum Gasteiger partial charge on any atom is 0.263 e. The normalized spacial score (nSPS) is 15.9. The van der Waals surface area contributed by atoms with Crippen LogP contribution in [-0.2, 0) is 4.79 Å². The predicted molar refractivity (Wildman–Crippen MR) is 118 cm³/mol. The summed E-state index contributed by atoms with van der Waals surface area (Å²) >= 11 is 3.28. The van der Waals surface area contributed by atoms with Crippen LogP contribution in [-0.4, -0.2) is 42.1 Å². The number of carbonyl (C=O) groups excluding carboxylic acids is 1. The van der Waals surface area contributed by atoms with Gasteiger partial charge in [0, 0.05) is 30.2 Å². The minimum Gasteiger partial charge on any atom is -0.497 e. The summed E-state index contributed by atoms with van der Waals surface area (Å²) in [6, 6.07) is 10.2. The zero-order valence-corrected chi connectivity index (χ0v) is 18.5. The number of rotatable bonds is 5. The number of benzene rings is 2. The van der Waals surface area contributed by atoms with E-state index in [0.29, 0.717) is 29.2 Å². The van der Waals surface area contributed by atoms with Crippen molar-refractivity contribution in [2.24, 2.45) is 0 Å². The largest absolute Gasteiger partial charge is 0.497 e. The monoisotopic (exact) mass is 474 g/mol. The number of hydrogen-bond donors (Lipinski definition) is 1. The minimum absolute atomic E-state index is 0.0507. The van der Waals surface area contributed by atoms with E-state index in [-0.39, 0.29) is 11.7 Å². The lowest BCUT2D eigenvalue weighted by atomic mass is 9.89. The number of piperidine rings is 1. The van der Waals surface area contributed by atoms with Gasteiger partial charge in [-0.05, 0) is 83.6 Å². The molecule has 1 fully saturated rings. The van der Waals surface area contributed by atoms with Gasteiger partial charge in [-0.1, -0.05) is 0 Å². The fourth-order valence-electron chi connectivity index (χ4n) is 4.07. The standard InChI is InChI=1S/C23H24BrFN2O3/c1-14(30-22-6-3-16(25)11-20(22)24)23(28)27-9-7-15(8-10-27)19-13-26-21-5-4-17(29-2)12-18(19)21/h3-6,11-15,26H,7-10H2,1-2H3. The second kappa shape index (κ2) is 8.68. The van der Waals surface area contributed by atoms with E-state index >= 15 is 0 Å². The van der Waals surface area contributed by atoms with Crippen molar-refractivity contribution >= 4 is 32.7 Å². The van der Waals surface area contributed by atoms with E-state index in [1.807, 2.05) is 17.0 Å². The van der Waals surface area contributed by atoms with E-state index in [1.54, 1.807) is 14.0 Å². The van der Waals surface area contributed by atoms with Crippen LogP contribution in [0.5, 0.6) is 11.5 Å². The van der Waals surface area contributed by atoms with Gasteiger partial charge in [0.2, 0.25) is 0 Å². The molecule has 2 heterocycles. The maximum atomic E-state index is 13.3. The number of carbonyl (C=O) groups is 1. The predicted octanol–water partition coefficient (Wildman–Crippen LogP) is 5.25. The highest BCUT2D eigenvalue weighted by Gasteiger charge is 2.29. The first kappa shape index (κ1) is 20.7. The molecule has 1 saturated heterocycles. The number of hydrogen-bond acceptors (Lipinski definition) is 3. The minimum atomic E-state index is -0.638. The first-order valence-electron chi connectivity index (χ1n) is 10.0. The molecule has 5 nitrogen and oxygen atoms in total. The molecular weight excluding hydrogens is 451 g/mol. The molecule has 1 aliphatic rings. The quantitative estimate of drug-likeness (QED) is 0.549. The molecule has 0 aliphatic carbocycles. The lowest BCUT2D eigenvalue weighted by molar-refractivity contribution is -0.139. The Balaban J connectivity index is 1.40. The molecule has 7 heteroatoms. The van der Waals surface area contributed by atoms with Crippen LogP contribution < -0.4 is 9.47 Å². The van der Waals surface area contributed by atoms with Crippen LogP contribution >= 0.6 is 15.9 Å². The van der Waals surface area contributed by atoms with E-state index < -0.39 is 6.10 Å². The van der Waals surface area contributed by atoms with Gasteiger partial charge in [-0.15, -0.1) is 0 Å². The molecule has 30 heavy (non-hydrogen) atoms. The number of amides is 1. The SMILES string of the molecule is COc1ccc2[nH]cc(C3CCN(C(=O)C(C)Oc4ccc(F)cc4Br)CC3)c2c1. The van der Waals surface area contributed by atoms with E-state index in [9.17, 15) is 9.18 Å². The van der Waals surface area contributed by atoms with Gasteiger partial charge in [0.15, 0.2) is 6.10 Å². The Hall–Kier alpha value is -2.54. The summed E-state index contributed by atoms with van der Waals surface area (Å²) in [5.74, 6) is 1.28. The molecule has 158 valence electrons. The van der Waals surface area contributed by atoms with Crippen LogP contribution in [0.25, 0.3) is 10.9 Å². The van der Waals surface area contributed by atoms with Crippen molar-refractivity contribution in [2.75, 3.05) is 20.2 Å². The third kappa shape index (κ3) is 4.17. The highest BCUT2D eigenvalue weighted by Crippen LogP contribution is 2.35. The Labute approximate surface area is 183 Å². The van der Waals surface area contributed by atoms with Crippen molar-refractivity contribution in [3.63, 3.8) is 0 Å². The van der Waals surface area contributed by atoms with Gasteiger partial charge in [-0.3, -0.25) is 4.79 Å². The summed E-state index contributed by atoms with van der Waals surface area (Å²) in [5.41, 5.74) is 2.37. The Bertz CT molecular complexity index is 1060. The number of nitrogens with one attached hydrogen (secondary N) is 1. The molecular formula is C23H24BrFN2O3. The van der Waals surface area contributed by atoms with Gasteiger partial charge in [0.05, 0.1) is 11.6 Å². The number of ether oxygens (including phenoxy) is 2. The number of methoxy groups -OCH3 is 1. The maximum absolute atomic E-state index is 13.3. The summed E-state index contributed by atoms with van der Waals surface area (Å²) in [6.07, 6.45) is 3.22. The number of nitrogens with zero attached hydrogens (tertiary/aromatic N) is 1. The number of halogens is 2. The van der Waals surface area contributed by atoms with Crippen molar-refractivity contribution < 1.29 is 18.7 Å². The third-order valence-corrected chi connectivity index (χ3v) is 6.33. The van der Waals surface area contributed by atoms with Crippen LogP contribution in [0.1, 0.15) is 31.2 Å². The van der Waals surface area contributed by atoms with Crippen molar-refractivity contribution in [3.05, 3.63) is 58.4 Å². The first-order valence-corrected chi connectivity index (χ1v) is 10.8. The Morgan fingerprint density at radius 1 is 1.23 bits per heavy atom. The molecule has 1 atom stereocenters.